The lowest BCUT2D eigenvalue weighted by Crippen LogP contribution is -2.27. The van der Waals surface area contributed by atoms with E-state index in [1.54, 1.807) is 6.20 Å². The van der Waals surface area contributed by atoms with E-state index in [2.05, 4.69) is 22.2 Å². The summed E-state index contributed by atoms with van der Waals surface area (Å²) < 4.78 is 5.56. The SMILES string of the molecule is CCNC(COC(C)C)c1ncc[nH]1. The van der Waals surface area contributed by atoms with Crippen LogP contribution in [0.1, 0.15) is 32.6 Å². The topological polar surface area (TPSA) is 49.9 Å². The van der Waals surface area contributed by atoms with Gasteiger partial charge in [-0.05, 0) is 20.4 Å². The van der Waals surface area contributed by atoms with Gasteiger partial charge in [0.25, 0.3) is 0 Å². The summed E-state index contributed by atoms with van der Waals surface area (Å²) in [4.78, 5) is 7.31. The van der Waals surface area contributed by atoms with E-state index in [0.29, 0.717) is 6.61 Å². The van der Waals surface area contributed by atoms with Gasteiger partial charge in [-0.2, -0.15) is 0 Å². The van der Waals surface area contributed by atoms with E-state index in [1.807, 2.05) is 20.0 Å². The molecule has 1 rings (SSSR count). The van der Waals surface area contributed by atoms with Gasteiger partial charge in [0, 0.05) is 12.4 Å². The van der Waals surface area contributed by atoms with Crippen LogP contribution in [0.25, 0.3) is 0 Å². The molecule has 1 heterocycles. The van der Waals surface area contributed by atoms with Gasteiger partial charge < -0.3 is 15.0 Å². The Labute approximate surface area is 85.1 Å². The Hall–Kier alpha value is -0.870. The van der Waals surface area contributed by atoms with Crippen LogP contribution in [0.2, 0.25) is 0 Å². The van der Waals surface area contributed by atoms with E-state index < -0.39 is 0 Å². The quantitative estimate of drug-likeness (QED) is 0.726. The lowest BCUT2D eigenvalue weighted by atomic mass is 10.3. The van der Waals surface area contributed by atoms with Crippen LogP contribution in [0.5, 0.6) is 0 Å². The lowest BCUT2D eigenvalue weighted by Gasteiger charge is -2.17. The van der Waals surface area contributed by atoms with Crippen LogP contribution in [0.3, 0.4) is 0 Å². The Morgan fingerprint density at radius 3 is 2.86 bits per heavy atom. The number of aromatic amines is 1. The smallest absolute Gasteiger partial charge is 0.125 e. The average molecular weight is 197 g/mol. The molecule has 1 aromatic heterocycles. The van der Waals surface area contributed by atoms with Gasteiger partial charge in [-0.25, -0.2) is 4.98 Å². The molecule has 2 N–H and O–H groups in total. The molecule has 0 radical (unpaired) electrons. The molecule has 0 saturated carbocycles. The van der Waals surface area contributed by atoms with Crippen LogP contribution >= 0.6 is 0 Å². The van der Waals surface area contributed by atoms with Crippen LogP contribution < -0.4 is 5.32 Å². The molecule has 0 saturated heterocycles. The van der Waals surface area contributed by atoms with E-state index in [4.69, 9.17) is 4.74 Å². The minimum absolute atomic E-state index is 0.164. The third kappa shape index (κ3) is 3.47. The Balaban J connectivity index is 2.47. The Kier molecular flexibility index (Phi) is 4.62. The zero-order valence-corrected chi connectivity index (χ0v) is 9.08. The molecule has 4 nitrogen and oxygen atoms in total. The summed E-state index contributed by atoms with van der Waals surface area (Å²) in [7, 11) is 0. The van der Waals surface area contributed by atoms with E-state index in [9.17, 15) is 0 Å². The molecule has 0 aliphatic rings. The highest BCUT2D eigenvalue weighted by atomic mass is 16.5. The van der Waals surface area contributed by atoms with Crippen molar-refractivity contribution >= 4 is 0 Å². The third-order valence-electron chi connectivity index (χ3n) is 1.90. The molecule has 0 amide bonds. The molecule has 0 aromatic carbocycles. The number of hydrogen-bond donors (Lipinski definition) is 2. The molecule has 0 spiro atoms. The summed E-state index contributed by atoms with van der Waals surface area (Å²) in [6, 6.07) is 0.164. The summed E-state index contributed by atoms with van der Waals surface area (Å²) in [5.74, 6) is 0.938. The van der Waals surface area contributed by atoms with Crippen LogP contribution in [-0.4, -0.2) is 29.2 Å². The number of rotatable bonds is 6. The highest BCUT2D eigenvalue weighted by Gasteiger charge is 2.12. The highest BCUT2D eigenvalue weighted by Crippen LogP contribution is 2.08. The van der Waals surface area contributed by atoms with Crippen molar-refractivity contribution in [3.8, 4) is 0 Å². The van der Waals surface area contributed by atoms with Crippen molar-refractivity contribution in [2.75, 3.05) is 13.2 Å². The minimum Gasteiger partial charge on any atom is -0.377 e. The fourth-order valence-electron chi connectivity index (χ4n) is 1.24. The molecule has 0 fully saturated rings. The second-order valence-electron chi connectivity index (χ2n) is 3.47. The number of ether oxygens (including phenoxy) is 1. The van der Waals surface area contributed by atoms with E-state index in [-0.39, 0.29) is 12.1 Å². The molecule has 0 aliphatic heterocycles. The molecule has 1 aromatic rings. The third-order valence-corrected chi connectivity index (χ3v) is 1.90. The van der Waals surface area contributed by atoms with Crippen molar-refractivity contribution in [1.82, 2.24) is 15.3 Å². The molecular weight excluding hydrogens is 178 g/mol. The summed E-state index contributed by atoms with van der Waals surface area (Å²) in [5.41, 5.74) is 0. The van der Waals surface area contributed by atoms with Crippen molar-refractivity contribution in [2.24, 2.45) is 0 Å². The second kappa shape index (κ2) is 5.78. The van der Waals surface area contributed by atoms with Crippen molar-refractivity contribution in [3.63, 3.8) is 0 Å². The maximum absolute atomic E-state index is 5.56. The molecule has 1 unspecified atom stereocenters. The minimum atomic E-state index is 0.164. The van der Waals surface area contributed by atoms with Crippen LogP contribution in [0.15, 0.2) is 12.4 Å². The van der Waals surface area contributed by atoms with E-state index in [1.165, 1.54) is 0 Å². The van der Waals surface area contributed by atoms with Crippen LogP contribution in [0.4, 0.5) is 0 Å². The number of nitrogens with one attached hydrogen (secondary N) is 2. The highest BCUT2D eigenvalue weighted by molar-refractivity contribution is 4.95. The Bertz CT molecular complexity index is 234. The van der Waals surface area contributed by atoms with Gasteiger partial charge in [0.2, 0.25) is 0 Å². The number of imidazole rings is 1. The van der Waals surface area contributed by atoms with Gasteiger partial charge >= 0.3 is 0 Å². The summed E-state index contributed by atoms with van der Waals surface area (Å²) in [6.45, 7) is 7.70. The standard InChI is InChI=1S/C10H19N3O/c1-4-11-9(7-14-8(2)3)10-12-5-6-13-10/h5-6,8-9,11H,4,7H2,1-3H3,(H,12,13). The van der Waals surface area contributed by atoms with Gasteiger partial charge in [-0.15, -0.1) is 0 Å². The second-order valence-corrected chi connectivity index (χ2v) is 3.47. The molecule has 4 heteroatoms. The van der Waals surface area contributed by atoms with E-state index >= 15 is 0 Å². The van der Waals surface area contributed by atoms with Gasteiger partial charge in [0.1, 0.15) is 5.82 Å². The summed E-state index contributed by atoms with van der Waals surface area (Å²) >= 11 is 0. The first-order valence-electron chi connectivity index (χ1n) is 5.08. The number of nitrogens with zero attached hydrogens (tertiary/aromatic N) is 1. The summed E-state index contributed by atoms with van der Waals surface area (Å²) in [6.07, 6.45) is 3.84. The first-order chi connectivity index (χ1) is 6.74. The van der Waals surface area contributed by atoms with Gasteiger partial charge in [0.15, 0.2) is 0 Å². The fraction of sp³-hybridized carbons (Fsp3) is 0.700. The van der Waals surface area contributed by atoms with E-state index in [0.717, 1.165) is 12.4 Å². The normalized spacial score (nSPS) is 13.4. The molecule has 0 aliphatic carbocycles. The molecule has 0 bridgehead atoms. The molecular formula is C10H19N3O. The zero-order chi connectivity index (χ0) is 10.4. The van der Waals surface area contributed by atoms with Gasteiger partial charge in [-0.3, -0.25) is 0 Å². The fourth-order valence-corrected chi connectivity index (χ4v) is 1.24. The van der Waals surface area contributed by atoms with Gasteiger partial charge in [-0.1, -0.05) is 6.92 Å². The van der Waals surface area contributed by atoms with Crippen LogP contribution in [0, 0.1) is 0 Å². The monoisotopic (exact) mass is 197 g/mol. The first-order valence-corrected chi connectivity index (χ1v) is 5.08. The first kappa shape index (κ1) is 11.2. The molecule has 14 heavy (non-hydrogen) atoms. The Morgan fingerprint density at radius 1 is 1.57 bits per heavy atom. The number of hydrogen-bond acceptors (Lipinski definition) is 3. The molecule has 80 valence electrons. The predicted octanol–water partition coefficient (Wildman–Crippen LogP) is 1.49. The predicted molar refractivity (Wildman–Crippen MR) is 56.1 cm³/mol. The number of likely N-dealkylation sites (N-methyl/N-ethyl adjacent to an activating group) is 1. The zero-order valence-electron chi connectivity index (χ0n) is 9.08. The van der Waals surface area contributed by atoms with Crippen molar-refractivity contribution < 1.29 is 4.74 Å². The van der Waals surface area contributed by atoms with Crippen molar-refractivity contribution in [3.05, 3.63) is 18.2 Å². The Morgan fingerprint density at radius 2 is 2.36 bits per heavy atom. The molecule has 1 atom stereocenters. The van der Waals surface area contributed by atoms with Crippen molar-refractivity contribution in [2.45, 2.75) is 32.9 Å². The van der Waals surface area contributed by atoms with Crippen LogP contribution in [-0.2, 0) is 4.74 Å². The van der Waals surface area contributed by atoms with Gasteiger partial charge in [0.05, 0.1) is 18.8 Å². The average Bonchev–Trinajstić information content (AvgIpc) is 2.64. The number of aromatic nitrogens is 2. The number of H-pyrrole nitrogens is 1. The maximum atomic E-state index is 5.56. The maximum Gasteiger partial charge on any atom is 0.125 e. The van der Waals surface area contributed by atoms with Crippen molar-refractivity contribution in [1.29, 1.82) is 0 Å². The largest absolute Gasteiger partial charge is 0.377 e. The lowest BCUT2D eigenvalue weighted by molar-refractivity contribution is 0.0599. The summed E-state index contributed by atoms with van der Waals surface area (Å²) in [5, 5.41) is 3.32.